The largest absolute Gasteiger partial charge is 0.369 e. The number of carbonyl (C=O) groups excluding carboxylic acids is 1. The molecule has 2 N–H and O–H groups in total. The first-order valence-electron chi connectivity index (χ1n) is 2.21. The van der Waals surface area contributed by atoms with E-state index in [2.05, 4.69) is 5.73 Å². The molecule has 5 nitrogen and oxygen atoms in total. The third kappa shape index (κ3) is 6.61. The molecule has 0 heterocycles. The van der Waals surface area contributed by atoms with Crippen molar-refractivity contribution in [2.45, 2.75) is 6.42 Å². The third-order valence-corrected chi connectivity index (χ3v) is 0.546. The molecular weight excluding hydrogens is 124 g/mol. The summed E-state index contributed by atoms with van der Waals surface area (Å²) in [6.07, 6.45) is 1.70. The molecule has 0 spiro atoms. The van der Waals surface area contributed by atoms with Gasteiger partial charge in [-0.25, -0.2) is 0 Å². The average molecular weight is 130 g/mol. The Morgan fingerprint density at radius 2 is 2.33 bits per heavy atom. The van der Waals surface area contributed by atoms with Gasteiger partial charge < -0.3 is 5.73 Å². The quantitative estimate of drug-likeness (QED) is 0.418. The van der Waals surface area contributed by atoms with Crippen LogP contribution in [-0.2, 0) is 4.79 Å². The number of rotatable bonds is 3. The van der Waals surface area contributed by atoms with E-state index >= 15 is 0 Å². The summed E-state index contributed by atoms with van der Waals surface area (Å²) >= 11 is 0. The zero-order valence-corrected chi connectivity index (χ0v) is 4.61. The maximum absolute atomic E-state index is 9.93. The molecule has 1 amide bonds. The fourth-order valence-electron chi connectivity index (χ4n) is 0.255. The maximum atomic E-state index is 9.93. The normalized spacial score (nSPS) is 9.78. The van der Waals surface area contributed by atoms with E-state index in [1.165, 1.54) is 0 Å². The number of nitrogens with two attached hydrogens (primary N) is 1. The zero-order chi connectivity index (χ0) is 7.28. The second-order valence-electron chi connectivity index (χ2n) is 1.34. The molecule has 0 aliphatic heterocycles. The van der Waals surface area contributed by atoms with E-state index in [9.17, 15) is 14.9 Å². The third-order valence-electron chi connectivity index (χ3n) is 0.546. The van der Waals surface area contributed by atoms with Crippen molar-refractivity contribution < 1.29 is 9.72 Å². The molecule has 0 saturated heterocycles. The Kier molecular flexibility index (Phi) is 3.04. The van der Waals surface area contributed by atoms with Crippen LogP contribution in [0.25, 0.3) is 0 Å². The summed E-state index contributed by atoms with van der Waals surface area (Å²) in [7, 11) is 0. The van der Waals surface area contributed by atoms with Crippen molar-refractivity contribution in [2.75, 3.05) is 0 Å². The van der Waals surface area contributed by atoms with Gasteiger partial charge in [-0.05, 0) is 6.08 Å². The van der Waals surface area contributed by atoms with Gasteiger partial charge >= 0.3 is 0 Å². The Hall–Kier alpha value is -1.39. The number of nitro groups is 1. The standard InChI is InChI=1S/C4H6N2O3/c5-4(7)2-1-3-6(8)9/h1,3H,2H2,(H2,5,7). The van der Waals surface area contributed by atoms with E-state index in [4.69, 9.17) is 0 Å². The summed E-state index contributed by atoms with van der Waals surface area (Å²) < 4.78 is 0. The summed E-state index contributed by atoms with van der Waals surface area (Å²) in [5, 5.41) is 9.55. The molecule has 0 rings (SSSR count). The first kappa shape index (κ1) is 7.61. The molecule has 0 aliphatic carbocycles. The van der Waals surface area contributed by atoms with E-state index in [0.29, 0.717) is 6.20 Å². The van der Waals surface area contributed by atoms with Crippen LogP contribution >= 0.6 is 0 Å². The van der Waals surface area contributed by atoms with E-state index in [0.717, 1.165) is 6.08 Å². The minimum Gasteiger partial charge on any atom is -0.369 e. The van der Waals surface area contributed by atoms with Gasteiger partial charge in [0.15, 0.2) is 0 Å². The van der Waals surface area contributed by atoms with Gasteiger partial charge in [-0.1, -0.05) is 0 Å². The van der Waals surface area contributed by atoms with Crippen LogP contribution in [0.2, 0.25) is 0 Å². The number of primary amides is 1. The number of amides is 1. The lowest BCUT2D eigenvalue weighted by Gasteiger charge is -1.79. The average Bonchev–Trinajstić information content (AvgIpc) is 1.63. The second-order valence-corrected chi connectivity index (χ2v) is 1.34. The van der Waals surface area contributed by atoms with Gasteiger partial charge in [0.1, 0.15) is 0 Å². The van der Waals surface area contributed by atoms with Gasteiger partial charge in [0.05, 0.1) is 11.3 Å². The molecule has 0 saturated carbocycles. The van der Waals surface area contributed by atoms with Crippen molar-refractivity contribution in [3.63, 3.8) is 0 Å². The Labute approximate surface area is 51.3 Å². The summed E-state index contributed by atoms with van der Waals surface area (Å²) in [6.45, 7) is 0. The molecule has 9 heavy (non-hydrogen) atoms. The van der Waals surface area contributed by atoms with Crippen LogP contribution in [0.4, 0.5) is 0 Å². The van der Waals surface area contributed by atoms with Crippen LogP contribution in [-0.4, -0.2) is 10.8 Å². The van der Waals surface area contributed by atoms with Crippen LogP contribution in [0.15, 0.2) is 12.3 Å². The van der Waals surface area contributed by atoms with Gasteiger partial charge in [0.2, 0.25) is 12.1 Å². The highest BCUT2D eigenvalue weighted by Gasteiger charge is 1.89. The van der Waals surface area contributed by atoms with Gasteiger partial charge in [-0.15, -0.1) is 0 Å². The summed E-state index contributed by atoms with van der Waals surface area (Å²) in [6, 6.07) is 0. The fourth-order valence-corrected chi connectivity index (χ4v) is 0.255. The first-order valence-corrected chi connectivity index (χ1v) is 2.21. The Morgan fingerprint density at radius 1 is 1.78 bits per heavy atom. The predicted octanol–water partition coefficient (Wildman–Crippen LogP) is -0.348. The minimum absolute atomic E-state index is 0.0824. The van der Waals surface area contributed by atoms with Crippen molar-refractivity contribution in [2.24, 2.45) is 5.73 Å². The van der Waals surface area contributed by atoms with Crippen LogP contribution < -0.4 is 5.73 Å². The van der Waals surface area contributed by atoms with Crippen molar-refractivity contribution in [3.8, 4) is 0 Å². The molecular formula is C4H6N2O3. The predicted molar refractivity (Wildman–Crippen MR) is 29.9 cm³/mol. The van der Waals surface area contributed by atoms with E-state index < -0.39 is 10.8 Å². The van der Waals surface area contributed by atoms with Gasteiger partial charge in [0, 0.05) is 0 Å². The maximum Gasteiger partial charge on any atom is 0.230 e. The SMILES string of the molecule is NC(=O)CC=C[N+](=O)[O-]. The molecule has 50 valence electrons. The molecule has 0 radical (unpaired) electrons. The van der Waals surface area contributed by atoms with Crippen molar-refractivity contribution >= 4 is 5.91 Å². The van der Waals surface area contributed by atoms with Crippen molar-refractivity contribution in [1.29, 1.82) is 0 Å². The number of hydrogen-bond donors (Lipinski definition) is 1. The summed E-state index contributed by atoms with van der Waals surface area (Å²) in [5.41, 5.74) is 4.67. The van der Waals surface area contributed by atoms with Crippen molar-refractivity contribution in [1.82, 2.24) is 0 Å². The molecule has 5 heteroatoms. The van der Waals surface area contributed by atoms with Crippen LogP contribution in [0, 0.1) is 10.1 Å². The molecule has 0 aromatic heterocycles. The Morgan fingerprint density at radius 3 is 2.67 bits per heavy atom. The number of hydrogen-bond acceptors (Lipinski definition) is 3. The number of carbonyl (C=O) groups is 1. The molecule has 0 unspecified atom stereocenters. The van der Waals surface area contributed by atoms with E-state index in [1.54, 1.807) is 0 Å². The molecule has 0 aromatic carbocycles. The molecule has 0 fully saturated rings. The minimum atomic E-state index is -0.650. The van der Waals surface area contributed by atoms with Crippen molar-refractivity contribution in [3.05, 3.63) is 22.4 Å². The van der Waals surface area contributed by atoms with Crippen LogP contribution in [0.5, 0.6) is 0 Å². The molecule has 0 aliphatic rings. The summed E-state index contributed by atoms with van der Waals surface area (Å²) in [5.74, 6) is -0.576. The van der Waals surface area contributed by atoms with E-state index in [-0.39, 0.29) is 6.42 Å². The molecule has 0 aromatic rings. The highest BCUT2D eigenvalue weighted by molar-refractivity contribution is 5.75. The van der Waals surface area contributed by atoms with Crippen LogP contribution in [0.3, 0.4) is 0 Å². The second kappa shape index (κ2) is 3.59. The van der Waals surface area contributed by atoms with Gasteiger partial charge in [0.25, 0.3) is 0 Å². The van der Waals surface area contributed by atoms with Gasteiger partial charge in [-0.3, -0.25) is 14.9 Å². The topological polar surface area (TPSA) is 86.2 Å². The Bertz CT molecular complexity index is 152. The fraction of sp³-hybridized carbons (Fsp3) is 0.250. The highest BCUT2D eigenvalue weighted by Crippen LogP contribution is 1.79. The monoisotopic (exact) mass is 130 g/mol. The van der Waals surface area contributed by atoms with E-state index in [1.807, 2.05) is 0 Å². The molecule has 0 bridgehead atoms. The number of nitrogens with zero attached hydrogens (tertiary/aromatic N) is 1. The highest BCUT2D eigenvalue weighted by atomic mass is 16.6. The Balaban J connectivity index is 3.48. The lowest BCUT2D eigenvalue weighted by atomic mass is 10.4. The summed E-state index contributed by atoms with van der Waals surface area (Å²) in [4.78, 5) is 18.8. The lowest BCUT2D eigenvalue weighted by molar-refractivity contribution is -0.402. The smallest absolute Gasteiger partial charge is 0.230 e. The molecule has 0 atom stereocenters. The zero-order valence-electron chi connectivity index (χ0n) is 4.61. The van der Waals surface area contributed by atoms with Gasteiger partial charge in [-0.2, -0.15) is 0 Å². The first-order chi connectivity index (χ1) is 4.13. The lowest BCUT2D eigenvalue weighted by Crippen LogP contribution is -2.08. The van der Waals surface area contributed by atoms with Crippen LogP contribution in [0.1, 0.15) is 6.42 Å².